The Hall–Kier alpha value is -0.780. The number of sulfonamides is 1. The standard InChI is InChI=1S/C15H25ClN2O2S/c1-3-4-5-6-7-8-9-18-21(19,20)15-11-14(17)13(16)10-12(15)2/h10-11,18H,3-9,17H2,1-2H3. The van der Waals surface area contributed by atoms with Crippen molar-refractivity contribution in [1.82, 2.24) is 4.72 Å². The molecule has 120 valence electrons. The fraction of sp³-hybridized carbons (Fsp3) is 0.600. The topological polar surface area (TPSA) is 72.2 Å². The van der Waals surface area contributed by atoms with E-state index in [9.17, 15) is 8.42 Å². The van der Waals surface area contributed by atoms with Crippen molar-refractivity contribution in [3.8, 4) is 0 Å². The third-order valence-corrected chi connectivity index (χ3v) is 5.34. The van der Waals surface area contributed by atoms with Crippen LogP contribution < -0.4 is 10.5 Å². The van der Waals surface area contributed by atoms with Gasteiger partial charge >= 0.3 is 0 Å². The van der Waals surface area contributed by atoms with E-state index in [1.54, 1.807) is 13.0 Å². The molecule has 0 aromatic heterocycles. The van der Waals surface area contributed by atoms with Crippen molar-refractivity contribution in [3.05, 3.63) is 22.7 Å². The van der Waals surface area contributed by atoms with Crippen molar-refractivity contribution in [2.24, 2.45) is 0 Å². The third-order valence-electron chi connectivity index (χ3n) is 3.41. The minimum absolute atomic E-state index is 0.204. The van der Waals surface area contributed by atoms with Gasteiger partial charge in [0.1, 0.15) is 0 Å². The molecule has 0 aliphatic heterocycles. The smallest absolute Gasteiger partial charge is 0.240 e. The van der Waals surface area contributed by atoms with Gasteiger partial charge in [0, 0.05) is 6.54 Å². The summed E-state index contributed by atoms with van der Waals surface area (Å²) >= 11 is 5.88. The summed E-state index contributed by atoms with van der Waals surface area (Å²) in [4.78, 5) is 0.204. The molecule has 0 aliphatic rings. The number of benzene rings is 1. The molecule has 6 heteroatoms. The van der Waals surface area contributed by atoms with Crippen LogP contribution in [0.4, 0.5) is 5.69 Å². The normalized spacial score (nSPS) is 11.8. The Morgan fingerprint density at radius 1 is 1.14 bits per heavy atom. The molecule has 1 rings (SSSR count). The van der Waals surface area contributed by atoms with E-state index >= 15 is 0 Å². The fourth-order valence-corrected chi connectivity index (χ4v) is 3.70. The van der Waals surface area contributed by atoms with Crippen molar-refractivity contribution in [3.63, 3.8) is 0 Å². The summed E-state index contributed by atoms with van der Waals surface area (Å²) in [7, 11) is -3.52. The van der Waals surface area contributed by atoms with E-state index in [0.717, 1.165) is 19.3 Å². The Kier molecular flexibility index (Phi) is 7.49. The van der Waals surface area contributed by atoms with Gasteiger partial charge in [-0.05, 0) is 31.0 Å². The zero-order valence-electron chi connectivity index (χ0n) is 12.8. The van der Waals surface area contributed by atoms with Crippen LogP contribution in [0.5, 0.6) is 0 Å². The van der Waals surface area contributed by atoms with E-state index in [2.05, 4.69) is 11.6 Å². The van der Waals surface area contributed by atoms with Crippen LogP contribution in [0, 0.1) is 6.92 Å². The molecule has 0 bridgehead atoms. The number of nitrogen functional groups attached to an aromatic ring is 1. The second-order valence-electron chi connectivity index (χ2n) is 5.30. The van der Waals surface area contributed by atoms with E-state index in [1.165, 1.54) is 25.3 Å². The van der Waals surface area contributed by atoms with Crippen LogP contribution >= 0.6 is 11.6 Å². The summed E-state index contributed by atoms with van der Waals surface area (Å²) in [5.74, 6) is 0. The van der Waals surface area contributed by atoms with Crippen molar-refractivity contribution in [2.45, 2.75) is 57.3 Å². The van der Waals surface area contributed by atoms with Crippen molar-refractivity contribution in [1.29, 1.82) is 0 Å². The molecule has 0 heterocycles. The molecule has 0 aliphatic carbocycles. The molecule has 0 saturated carbocycles. The molecule has 0 radical (unpaired) electrons. The van der Waals surface area contributed by atoms with Crippen molar-refractivity contribution in [2.75, 3.05) is 12.3 Å². The maximum absolute atomic E-state index is 12.2. The molecule has 3 N–H and O–H groups in total. The van der Waals surface area contributed by atoms with Gasteiger partial charge in [0.05, 0.1) is 15.6 Å². The summed E-state index contributed by atoms with van der Waals surface area (Å²) < 4.78 is 27.1. The lowest BCUT2D eigenvalue weighted by Gasteiger charge is -2.11. The number of aryl methyl sites for hydroxylation is 1. The average molecular weight is 333 g/mol. The molecule has 21 heavy (non-hydrogen) atoms. The number of nitrogens with two attached hydrogens (primary N) is 1. The molecular formula is C15H25ClN2O2S. The van der Waals surface area contributed by atoms with Gasteiger partial charge in [-0.2, -0.15) is 0 Å². The SMILES string of the molecule is CCCCCCCCNS(=O)(=O)c1cc(N)c(Cl)cc1C. The van der Waals surface area contributed by atoms with Gasteiger partial charge in [0.25, 0.3) is 0 Å². The highest BCUT2D eigenvalue weighted by Crippen LogP contribution is 2.26. The monoisotopic (exact) mass is 332 g/mol. The van der Waals surface area contributed by atoms with E-state index < -0.39 is 10.0 Å². The van der Waals surface area contributed by atoms with Crippen molar-refractivity contribution >= 4 is 27.3 Å². The fourth-order valence-electron chi connectivity index (χ4n) is 2.15. The number of unbranched alkanes of at least 4 members (excludes halogenated alkanes) is 5. The molecule has 1 aromatic rings. The van der Waals surface area contributed by atoms with E-state index in [0.29, 0.717) is 17.1 Å². The minimum Gasteiger partial charge on any atom is -0.397 e. The first-order chi connectivity index (χ1) is 9.88. The van der Waals surface area contributed by atoms with Gasteiger partial charge in [-0.3, -0.25) is 0 Å². The maximum atomic E-state index is 12.2. The molecular weight excluding hydrogens is 308 g/mol. The van der Waals surface area contributed by atoms with Crippen LogP contribution in [0.15, 0.2) is 17.0 Å². The second kappa shape index (κ2) is 8.61. The van der Waals surface area contributed by atoms with E-state index in [-0.39, 0.29) is 10.6 Å². The number of hydrogen-bond acceptors (Lipinski definition) is 3. The highest BCUT2D eigenvalue weighted by atomic mass is 35.5. The Balaban J connectivity index is 2.53. The summed E-state index contributed by atoms with van der Waals surface area (Å²) in [6.07, 6.45) is 6.73. The first kappa shape index (κ1) is 18.3. The zero-order valence-corrected chi connectivity index (χ0v) is 14.4. The van der Waals surface area contributed by atoms with Gasteiger partial charge in [-0.1, -0.05) is 50.6 Å². The first-order valence-corrected chi connectivity index (χ1v) is 9.30. The summed E-state index contributed by atoms with van der Waals surface area (Å²) in [6, 6.07) is 3.00. The highest BCUT2D eigenvalue weighted by Gasteiger charge is 2.17. The molecule has 0 fully saturated rings. The van der Waals surface area contributed by atoms with Crippen LogP contribution in [-0.2, 0) is 10.0 Å². The lowest BCUT2D eigenvalue weighted by Crippen LogP contribution is -2.25. The molecule has 0 atom stereocenters. The van der Waals surface area contributed by atoms with Crippen LogP contribution in [0.25, 0.3) is 0 Å². The van der Waals surface area contributed by atoms with E-state index in [1.807, 2.05) is 0 Å². The molecule has 4 nitrogen and oxygen atoms in total. The van der Waals surface area contributed by atoms with Crippen LogP contribution in [0.2, 0.25) is 5.02 Å². The number of halogens is 1. The predicted octanol–water partition coefficient (Wildman–Crippen LogP) is 3.87. The van der Waals surface area contributed by atoms with Gasteiger partial charge in [0.2, 0.25) is 10.0 Å². The van der Waals surface area contributed by atoms with E-state index in [4.69, 9.17) is 17.3 Å². The first-order valence-electron chi connectivity index (χ1n) is 7.43. The number of nitrogens with one attached hydrogen (secondary N) is 1. The van der Waals surface area contributed by atoms with Crippen LogP contribution in [0.3, 0.4) is 0 Å². The average Bonchev–Trinajstić information content (AvgIpc) is 2.41. The van der Waals surface area contributed by atoms with Crippen molar-refractivity contribution < 1.29 is 8.42 Å². The zero-order chi connectivity index (χ0) is 15.9. The van der Waals surface area contributed by atoms with Gasteiger partial charge < -0.3 is 5.73 Å². The number of anilines is 1. The number of rotatable bonds is 9. The summed E-state index contributed by atoms with van der Waals surface area (Å²) in [5.41, 5.74) is 6.57. The highest BCUT2D eigenvalue weighted by molar-refractivity contribution is 7.89. The molecule has 0 saturated heterocycles. The second-order valence-corrected chi connectivity index (χ2v) is 7.45. The third kappa shape index (κ3) is 5.85. The molecule has 1 aromatic carbocycles. The lowest BCUT2D eigenvalue weighted by molar-refractivity contribution is 0.567. The minimum atomic E-state index is -3.52. The Bertz CT molecular complexity index is 559. The quantitative estimate of drug-likeness (QED) is 0.532. The predicted molar refractivity (Wildman–Crippen MR) is 89.2 cm³/mol. The van der Waals surface area contributed by atoms with Gasteiger partial charge in [0.15, 0.2) is 0 Å². The Morgan fingerprint density at radius 2 is 1.76 bits per heavy atom. The summed E-state index contributed by atoms with van der Waals surface area (Å²) in [5, 5.41) is 0.377. The maximum Gasteiger partial charge on any atom is 0.240 e. The van der Waals surface area contributed by atoms with Crippen LogP contribution in [-0.4, -0.2) is 15.0 Å². The van der Waals surface area contributed by atoms with Gasteiger partial charge in [-0.15, -0.1) is 0 Å². The number of hydrogen-bond donors (Lipinski definition) is 2. The molecule has 0 unspecified atom stereocenters. The lowest BCUT2D eigenvalue weighted by atomic mass is 10.1. The van der Waals surface area contributed by atoms with Gasteiger partial charge in [-0.25, -0.2) is 13.1 Å². The molecule has 0 amide bonds. The molecule has 0 spiro atoms. The Morgan fingerprint density at radius 3 is 2.43 bits per heavy atom. The summed E-state index contributed by atoms with van der Waals surface area (Å²) in [6.45, 7) is 4.34. The van der Waals surface area contributed by atoms with Crippen LogP contribution in [0.1, 0.15) is 51.0 Å². The Labute approximate surface area is 133 Å². The largest absolute Gasteiger partial charge is 0.397 e.